The number of carbonyl (C=O) groups is 3. The molecule has 2 N–H and O–H groups in total. The number of benzene rings is 2. The average molecular weight is 456 g/mol. The predicted octanol–water partition coefficient (Wildman–Crippen LogP) is 1.71. The number of esters is 1. The number of fused-ring (bicyclic) bond motifs is 1. The number of carbonyl (C=O) groups excluding carboxylic acids is 3. The summed E-state index contributed by atoms with van der Waals surface area (Å²) in [4.78, 5) is 37.9. The van der Waals surface area contributed by atoms with E-state index >= 15 is 0 Å². The van der Waals surface area contributed by atoms with Crippen molar-refractivity contribution in [2.24, 2.45) is 0 Å². The monoisotopic (exact) mass is 456 g/mol. The van der Waals surface area contributed by atoms with Crippen LogP contribution in [0.1, 0.15) is 29.3 Å². The quantitative estimate of drug-likeness (QED) is 0.603. The zero-order valence-electron chi connectivity index (χ0n) is 17.1. The van der Waals surface area contributed by atoms with Crippen molar-refractivity contribution in [3.63, 3.8) is 0 Å². The van der Waals surface area contributed by atoms with E-state index in [1.807, 2.05) is 6.07 Å². The van der Waals surface area contributed by atoms with Gasteiger partial charge < -0.3 is 15.0 Å². The fraction of sp³-hybridized carbons (Fsp3) is 0.238. The summed E-state index contributed by atoms with van der Waals surface area (Å²) >= 11 is 0. The van der Waals surface area contributed by atoms with Crippen LogP contribution < -0.4 is 10.0 Å². The summed E-state index contributed by atoms with van der Waals surface area (Å²) in [6.45, 7) is 1.60. The Hall–Kier alpha value is -3.91. The second-order valence-corrected chi connectivity index (χ2v) is 8.51. The fourth-order valence-corrected chi connectivity index (χ4v) is 4.11. The van der Waals surface area contributed by atoms with Crippen molar-refractivity contribution in [3.05, 3.63) is 53.6 Å². The number of hydrogen-bond donors (Lipinski definition) is 2. The SMILES string of the molecule is CCOC(=O)CCN1CC(=O)Nc2ccc(NS(=O)(=O)c3ccc(C#N)cc3)cc2C1=O. The molecular weight excluding hydrogens is 436 g/mol. The van der Waals surface area contributed by atoms with Crippen molar-refractivity contribution in [2.75, 3.05) is 29.7 Å². The third-order valence-corrected chi connectivity index (χ3v) is 5.98. The van der Waals surface area contributed by atoms with E-state index in [1.54, 1.807) is 6.92 Å². The third kappa shape index (κ3) is 5.22. The second kappa shape index (κ2) is 9.49. The van der Waals surface area contributed by atoms with Gasteiger partial charge in [-0.05, 0) is 49.4 Å². The highest BCUT2D eigenvalue weighted by Gasteiger charge is 2.27. The van der Waals surface area contributed by atoms with Crippen molar-refractivity contribution in [3.8, 4) is 6.07 Å². The fourth-order valence-electron chi connectivity index (χ4n) is 3.06. The maximum atomic E-state index is 13.0. The molecule has 0 spiro atoms. The van der Waals surface area contributed by atoms with Crippen molar-refractivity contribution < 1.29 is 27.5 Å². The number of anilines is 2. The molecule has 0 atom stereocenters. The van der Waals surface area contributed by atoms with Crippen LogP contribution in [-0.2, 0) is 24.3 Å². The number of nitrogens with zero attached hydrogens (tertiary/aromatic N) is 2. The number of rotatable bonds is 7. The molecule has 0 radical (unpaired) electrons. The Morgan fingerprint density at radius 3 is 2.59 bits per heavy atom. The highest BCUT2D eigenvalue weighted by Crippen LogP contribution is 2.26. The van der Waals surface area contributed by atoms with Crippen molar-refractivity contribution >= 4 is 39.2 Å². The standard InChI is InChI=1S/C21H20N4O6S/c1-2-31-20(27)9-10-25-13-19(26)23-18-8-5-15(11-17(18)21(25)28)24-32(29,30)16-6-3-14(12-22)4-7-16/h3-8,11,24H,2,9-10,13H2,1H3,(H,23,26). The first kappa shape index (κ1) is 22.8. The van der Waals surface area contributed by atoms with Crippen LogP contribution in [0, 0.1) is 11.3 Å². The van der Waals surface area contributed by atoms with Gasteiger partial charge in [-0.25, -0.2) is 8.42 Å². The third-order valence-electron chi connectivity index (χ3n) is 4.58. The molecule has 2 aromatic carbocycles. The Bertz CT molecular complexity index is 1200. The normalized spacial score (nSPS) is 13.4. The first-order valence-electron chi connectivity index (χ1n) is 9.65. The Morgan fingerprint density at radius 2 is 1.94 bits per heavy atom. The molecule has 32 heavy (non-hydrogen) atoms. The lowest BCUT2D eigenvalue weighted by Crippen LogP contribution is -2.36. The van der Waals surface area contributed by atoms with E-state index in [1.165, 1.54) is 47.4 Å². The van der Waals surface area contributed by atoms with E-state index in [-0.39, 0.29) is 48.0 Å². The molecule has 0 aromatic heterocycles. The zero-order chi connectivity index (χ0) is 23.3. The van der Waals surface area contributed by atoms with Crippen LogP contribution in [0.2, 0.25) is 0 Å². The summed E-state index contributed by atoms with van der Waals surface area (Å²) in [7, 11) is -3.98. The van der Waals surface area contributed by atoms with Gasteiger partial charge in [-0.3, -0.25) is 19.1 Å². The van der Waals surface area contributed by atoms with Gasteiger partial charge in [0.15, 0.2) is 0 Å². The van der Waals surface area contributed by atoms with Gasteiger partial charge in [-0.15, -0.1) is 0 Å². The Morgan fingerprint density at radius 1 is 1.22 bits per heavy atom. The van der Waals surface area contributed by atoms with Crippen molar-refractivity contribution in [1.29, 1.82) is 5.26 Å². The van der Waals surface area contributed by atoms with Gasteiger partial charge in [0, 0.05) is 12.2 Å². The highest BCUT2D eigenvalue weighted by molar-refractivity contribution is 7.92. The predicted molar refractivity (Wildman–Crippen MR) is 114 cm³/mol. The van der Waals surface area contributed by atoms with Gasteiger partial charge in [-0.2, -0.15) is 5.26 Å². The number of nitrogens with one attached hydrogen (secondary N) is 2. The van der Waals surface area contributed by atoms with Crippen LogP contribution >= 0.6 is 0 Å². The van der Waals surface area contributed by atoms with Crippen LogP contribution in [0.5, 0.6) is 0 Å². The molecule has 2 aromatic rings. The lowest BCUT2D eigenvalue weighted by molar-refractivity contribution is -0.143. The first-order chi connectivity index (χ1) is 15.2. The molecular formula is C21H20N4O6S. The van der Waals surface area contributed by atoms with Gasteiger partial charge >= 0.3 is 5.97 Å². The summed E-state index contributed by atoms with van der Waals surface area (Å²) in [6.07, 6.45) is -0.0762. The minimum Gasteiger partial charge on any atom is -0.466 e. The summed E-state index contributed by atoms with van der Waals surface area (Å²) in [6, 6.07) is 11.4. The van der Waals surface area contributed by atoms with E-state index in [0.717, 1.165) is 0 Å². The molecule has 1 aliphatic rings. The largest absolute Gasteiger partial charge is 0.466 e. The van der Waals surface area contributed by atoms with Gasteiger partial charge in [-0.1, -0.05) is 0 Å². The topological polar surface area (TPSA) is 146 Å². The summed E-state index contributed by atoms with van der Waals surface area (Å²) < 4.78 is 32.6. The molecule has 0 saturated carbocycles. The molecule has 2 amide bonds. The maximum Gasteiger partial charge on any atom is 0.307 e. The molecule has 0 unspecified atom stereocenters. The smallest absolute Gasteiger partial charge is 0.307 e. The van der Waals surface area contributed by atoms with Crippen LogP contribution in [0.15, 0.2) is 47.4 Å². The number of sulfonamides is 1. The lowest BCUT2D eigenvalue weighted by Gasteiger charge is -2.19. The summed E-state index contributed by atoms with van der Waals surface area (Å²) in [5.41, 5.74) is 0.751. The molecule has 11 heteroatoms. The minimum atomic E-state index is -3.98. The first-order valence-corrected chi connectivity index (χ1v) is 11.1. The van der Waals surface area contributed by atoms with E-state index in [0.29, 0.717) is 5.56 Å². The van der Waals surface area contributed by atoms with Gasteiger partial charge in [0.05, 0.1) is 40.8 Å². The van der Waals surface area contributed by atoms with Crippen LogP contribution in [-0.4, -0.2) is 50.8 Å². The van der Waals surface area contributed by atoms with Crippen molar-refractivity contribution in [1.82, 2.24) is 4.90 Å². The van der Waals surface area contributed by atoms with Gasteiger partial charge in [0.2, 0.25) is 5.91 Å². The van der Waals surface area contributed by atoms with Gasteiger partial charge in [0.1, 0.15) is 6.54 Å². The molecule has 10 nitrogen and oxygen atoms in total. The molecule has 0 bridgehead atoms. The zero-order valence-corrected chi connectivity index (χ0v) is 17.9. The molecule has 0 aliphatic carbocycles. The molecule has 0 fully saturated rings. The summed E-state index contributed by atoms with van der Waals surface area (Å²) in [5, 5.41) is 11.5. The van der Waals surface area contributed by atoms with Crippen LogP contribution in [0.4, 0.5) is 11.4 Å². The van der Waals surface area contributed by atoms with E-state index < -0.39 is 27.8 Å². The highest BCUT2D eigenvalue weighted by atomic mass is 32.2. The van der Waals surface area contributed by atoms with E-state index in [2.05, 4.69) is 10.0 Å². The van der Waals surface area contributed by atoms with E-state index in [9.17, 15) is 22.8 Å². The molecule has 1 aliphatic heterocycles. The molecule has 1 heterocycles. The number of amides is 2. The summed E-state index contributed by atoms with van der Waals surface area (Å²) in [5.74, 6) is -1.46. The minimum absolute atomic E-state index is 0.0221. The second-order valence-electron chi connectivity index (χ2n) is 6.83. The Balaban J connectivity index is 1.84. The number of hydrogen-bond acceptors (Lipinski definition) is 7. The molecule has 3 rings (SSSR count). The molecule has 0 saturated heterocycles. The van der Waals surface area contributed by atoms with E-state index in [4.69, 9.17) is 10.00 Å². The van der Waals surface area contributed by atoms with Crippen LogP contribution in [0.25, 0.3) is 0 Å². The Kier molecular flexibility index (Phi) is 6.75. The number of nitriles is 1. The maximum absolute atomic E-state index is 13.0. The van der Waals surface area contributed by atoms with Crippen molar-refractivity contribution in [2.45, 2.75) is 18.2 Å². The number of ether oxygens (including phenoxy) is 1. The Labute approximate surface area is 184 Å². The van der Waals surface area contributed by atoms with Gasteiger partial charge in [0.25, 0.3) is 15.9 Å². The lowest BCUT2D eigenvalue weighted by atomic mass is 10.1. The van der Waals surface area contributed by atoms with Crippen LogP contribution in [0.3, 0.4) is 0 Å². The molecule has 166 valence electrons. The average Bonchev–Trinajstić information content (AvgIpc) is 2.88.